The Morgan fingerprint density at radius 1 is 0.812 bits per heavy atom. The van der Waals surface area contributed by atoms with E-state index in [1.807, 2.05) is 0 Å². The van der Waals surface area contributed by atoms with Crippen molar-refractivity contribution in [3.05, 3.63) is 16.0 Å². The van der Waals surface area contributed by atoms with Crippen LogP contribution >= 0.6 is 0 Å². The van der Waals surface area contributed by atoms with Crippen LogP contribution in [0.4, 0.5) is 0 Å². The van der Waals surface area contributed by atoms with Gasteiger partial charge in [0.25, 0.3) is 0 Å². The summed E-state index contributed by atoms with van der Waals surface area (Å²) >= 11 is 1.20. The molecule has 0 aliphatic carbocycles. The van der Waals surface area contributed by atoms with Crippen LogP contribution in [0.15, 0.2) is 3.34 Å². The summed E-state index contributed by atoms with van der Waals surface area (Å²) < 4.78 is 4.08. The average Bonchev–Trinajstić information content (AvgIpc) is 2.22. The molecule has 101 valence electrons. The summed E-state index contributed by atoms with van der Waals surface area (Å²) in [7, 11) is 10.5. The average molecular weight is 398 g/mol. The topological polar surface area (TPSA) is 54.7 Å². The normalized spacial score (nSPS) is 7.12. The first-order chi connectivity index (χ1) is 7.66. The van der Waals surface area contributed by atoms with E-state index in [1.165, 1.54) is 40.2 Å². The third-order valence-corrected chi connectivity index (χ3v) is 1.58. The first kappa shape index (κ1) is 25.3. The van der Waals surface area contributed by atoms with Gasteiger partial charge in [-0.15, -0.1) is 0 Å². The standard InChI is InChI=1S/C5H11N.3C2H6N.Ta/c1-2-3-4-5-6;3*1-3-2;/h2-5H2,1H3;3*1-2H3;/q;3*-1;. The van der Waals surface area contributed by atoms with Gasteiger partial charge in [0, 0.05) is 0 Å². The van der Waals surface area contributed by atoms with Crippen molar-refractivity contribution < 1.29 is 20.9 Å². The van der Waals surface area contributed by atoms with E-state index in [1.54, 1.807) is 42.3 Å². The molecule has 0 rings (SSSR count). The van der Waals surface area contributed by atoms with Gasteiger partial charge in [-0.05, 0) is 0 Å². The molecule has 0 radical (unpaired) electrons. The molecule has 16 heavy (non-hydrogen) atoms. The van der Waals surface area contributed by atoms with Gasteiger partial charge in [0.1, 0.15) is 0 Å². The van der Waals surface area contributed by atoms with Crippen molar-refractivity contribution in [3.63, 3.8) is 0 Å². The fourth-order valence-corrected chi connectivity index (χ4v) is 0.941. The molecule has 0 aromatic rings. The van der Waals surface area contributed by atoms with Crippen LogP contribution in [0.1, 0.15) is 26.2 Å². The van der Waals surface area contributed by atoms with Crippen molar-refractivity contribution in [1.82, 2.24) is 0 Å². The van der Waals surface area contributed by atoms with Gasteiger partial charge in [-0.2, -0.15) is 42.3 Å². The van der Waals surface area contributed by atoms with Gasteiger partial charge < -0.3 is 16.0 Å². The Labute approximate surface area is 115 Å². The number of hydrogen-bond acceptors (Lipinski definition) is 1. The zero-order chi connectivity index (χ0) is 13.7. The van der Waals surface area contributed by atoms with Crippen molar-refractivity contribution in [1.29, 1.82) is 0 Å². The summed E-state index contributed by atoms with van der Waals surface area (Å²) in [6, 6.07) is 0. The maximum Gasteiger partial charge on any atom is -0.162 e. The molecule has 0 saturated carbocycles. The Hall–Kier alpha value is 0.420. The Bertz CT molecular complexity index is 77.6. The first-order valence-corrected chi connectivity index (χ1v) is 6.84. The van der Waals surface area contributed by atoms with Crippen LogP contribution in [0.5, 0.6) is 0 Å². The summed E-state index contributed by atoms with van der Waals surface area (Å²) in [5.41, 5.74) is 0. The van der Waals surface area contributed by atoms with Crippen molar-refractivity contribution >= 4 is 0 Å². The maximum absolute atomic E-state index is 4.08. The quantitative estimate of drug-likeness (QED) is 0.648. The minimum absolute atomic E-state index is 1.10. The molecular formula is C11H29N4Ta-3. The van der Waals surface area contributed by atoms with E-state index in [4.69, 9.17) is 0 Å². The van der Waals surface area contributed by atoms with Gasteiger partial charge in [-0.25, -0.2) is 0 Å². The predicted molar refractivity (Wildman–Crippen MR) is 72.4 cm³/mol. The van der Waals surface area contributed by atoms with Crippen LogP contribution in [0.25, 0.3) is 16.0 Å². The molecule has 0 aliphatic rings. The maximum atomic E-state index is 4.08. The Balaban J connectivity index is -0.0000000677. The fraction of sp³-hybridized carbons (Fsp3) is 1.00. The van der Waals surface area contributed by atoms with Gasteiger partial charge in [-0.3, -0.25) is 0 Å². The third-order valence-electron chi connectivity index (χ3n) is 0.862. The molecule has 0 aromatic carbocycles. The molecule has 0 spiro atoms. The van der Waals surface area contributed by atoms with Crippen molar-refractivity contribution in [2.75, 3.05) is 48.8 Å². The zero-order valence-corrected chi connectivity index (χ0v) is 15.3. The van der Waals surface area contributed by atoms with Crippen molar-refractivity contribution in [2.45, 2.75) is 26.2 Å². The van der Waals surface area contributed by atoms with E-state index in [0.717, 1.165) is 6.54 Å². The molecule has 0 saturated heterocycles. The molecule has 0 fully saturated rings. The van der Waals surface area contributed by atoms with Crippen LogP contribution in [-0.4, -0.2) is 48.8 Å². The zero-order valence-electron chi connectivity index (χ0n) is 12.1. The predicted octanol–water partition coefficient (Wildman–Crippen LogP) is 3.77. The second-order valence-corrected chi connectivity index (χ2v) is 3.93. The first-order valence-electron chi connectivity index (χ1n) is 5.41. The largest absolute Gasteiger partial charge is 0.668 e. The monoisotopic (exact) mass is 398 g/mol. The van der Waals surface area contributed by atoms with Crippen LogP contribution in [0, 0.1) is 0 Å². The second-order valence-electron chi connectivity index (χ2n) is 2.91. The number of unbranched alkanes of at least 4 members (excludes halogenated alkanes) is 2. The molecule has 0 atom stereocenters. The molecular weight excluding hydrogens is 369 g/mol. The van der Waals surface area contributed by atoms with E-state index < -0.39 is 0 Å². The van der Waals surface area contributed by atoms with Gasteiger partial charge in [0.05, 0.1) is 0 Å². The van der Waals surface area contributed by atoms with Gasteiger partial charge in [0.2, 0.25) is 0 Å². The molecule has 0 amide bonds. The van der Waals surface area contributed by atoms with E-state index in [0.29, 0.717) is 0 Å². The Morgan fingerprint density at radius 2 is 1.12 bits per heavy atom. The minimum atomic E-state index is 1.10. The number of nitrogens with zero attached hydrogens (tertiary/aromatic N) is 4. The smallest absolute Gasteiger partial charge is 0.162 e. The van der Waals surface area contributed by atoms with Gasteiger partial charge >= 0.3 is 57.0 Å². The molecule has 0 aromatic heterocycles. The van der Waals surface area contributed by atoms with E-state index in [9.17, 15) is 0 Å². The van der Waals surface area contributed by atoms with Crippen molar-refractivity contribution in [3.8, 4) is 0 Å². The van der Waals surface area contributed by atoms with Crippen molar-refractivity contribution in [2.24, 2.45) is 3.34 Å². The minimum Gasteiger partial charge on any atom is -0.668 e. The summed E-state index contributed by atoms with van der Waals surface area (Å²) in [5.74, 6) is 0. The molecule has 5 heteroatoms. The SMILES string of the molecule is CCCCC[N]=[Ta].C[N-]C.C[N-]C.C[N-]C. The molecule has 0 unspecified atom stereocenters. The fourth-order valence-electron chi connectivity index (χ4n) is 0.433. The van der Waals surface area contributed by atoms with Crippen LogP contribution < -0.4 is 0 Å². The number of hydrogen-bond donors (Lipinski definition) is 0. The van der Waals surface area contributed by atoms with Gasteiger partial charge in [-0.1, -0.05) is 0 Å². The van der Waals surface area contributed by atoms with E-state index in [-0.39, 0.29) is 0 Å². The Morgan fingerprint density at radius 3 is 1.31 bits per heavy atom. The van der Waals surface area contributed by atoms with Crippen LogP contribution in [0.3, 0.4) is 0 Å². The van der Waals surface area contributed by atoms with E-state index in [2.05, 4.69) is 26.2 Å². The molecule has 0 N–H and O–H groups in total. The number of rotatable bonds is 4. The van der Waals surface area contributed by atoms with Crippen LogP contribution in [-0.2, 0) is 20.9 Å². The van der Waals surface area contributed by atoms with Gasteiger partial charge in [0.15, 0.2) is 0 Å². The molecule has 0 bridgehead atoms. The summed E-state index contributed by atoms with van der Waals surface area (Å²) in [6.07, 6.45) is 3.96. The molecule has 4 nitrogen and oxygen atoms in total. The molecule has 0 aliphatic heterocycles. The van der Waals surface area contributed by atoms with Crippen LogP contribution in [0.2, 0.25) is 0 Å². The van der Waals surface area contributed by atoms with E-state index >= 15 is 0 Å². The molecule has 0 heterocycles. The third kappa shape index (κ3) is 133. The second kappa shape index (κ2) is 45.2. The summed E-state index contributed by atoms with van der Waals surface area (Å²) in [6.45, 7) is 3.31. The Kier molecular flexibility index (Phi) is 71.5. The summed E-state index contributed by atoms with van der Waals surface area (Å²) in [4.78, 5) is 0. The summed E-state index contributed by atoms with van der Waals surface area (Å²) in [5, 5.41) is 10.5.